The maximum atomic E-state index is 13.4. The molecule has 0 radical (unpaired) electrons. The van der Waals surface area contributed by atoms with Crippen LogP contribution in [0.4, 0.5) is 4.39 Å². The number of aromatic hydroxyl groups is 1. The van der Waals surface area contributed by atoms with Crippen molar-refractivity contribution in [2.45, 2.75) is 13.5 Å². The van der Waals surface area contributed by atoms with E-state index in [0.29, 0.717) is 12.4 Å². The molecule has 0 aliphatic heterocycles. The number of benzene rings is 2. The summed E-state index contributed by atoms with van der Waals surface area (Å²) in [4.78, 5) is 4.52. The van der Waals surface area contributed by atoms with Gasteiger partial charge in [-0.05, 0) is 43.3 Å². The summed E-state index contributed by atoms with van der Waals surface area (Å²) >= 11 is 5.94. The average molecular weight is 291 g/mol. The van der Waals surface area contributed by atoms with Gasteiger partial charge in [0.05, 0.1) is 16.1 Å². The summed E-state index contributed by atoms with van der Waals surface area (Å²) in [5.74, 6) is 0.443. The lowest BCUT2D eigenvalue weighted by atomic mass is 10.2. The molecule has 2 aromatic carbocycles. The molecular weight excluding hydrogens is 279 g/mol. The first-order valence-corrected chi connectivity index (χ1v) is 6.62. The molecule has 3 nitrogen and oxygen atoms in total. The Labute approximate surface area is 120 Å². The third kappa shape index (κ3) is 2.02. The third-order valence-corrected chi connectivity index (χ3v) is 3.54. The zero-order valence-corrected chi connectivity index (χ0v) is 11.5. The molecule has 0 saturated heterocycles. The normalized spacial score (nSPS) is 11.2. The highest BCUT2D eigenvalue weighted by molar-refractivity contribution is 6.32. The van der Waals surface area contributed by atoms with Crippen molar-refractivity contribution in [1.82, 2.24) is 9.55 Å². The highest BCUT2D eigenvalue weighted by Crippen LogP contribution is 2.31. The summed E-state index contributed by atoms with van der Waals surface area (Å²) in [6, 6.07) is 9.44. The van der Waals surface area contributed by atoms with Gasteiger partial charge in [0.15, 0.2) is 0 Å². The van der Waals surface area contributed by atoms with Crippen molar-refractivity contribution in [3.8, 4) is 17.1 Å². The predicted molar refractivity (Wildman–Crippen MR) is 77.5 cm³/mol. The van der Waals surface area contributed by atoms with E-state index < -0.39 is 0 Å². The number of rotatable bonds is 2. The fraction of sp³-hybridized carbons (Fsp3) is 0.133. The van der Waals surface area contributed by atoms with Gasteiger partial charge in [0.25, 0.3) is 0 Å². The topological polar surface area (TPSA) is 38.0 Å². The van der Waals surface area contributed by atoms with E-state index in [9.17, 15) is 9.50 Å². The third-order valence-electron chi connectivity index (χ3n) is 3.23. The fourth-order valence-electron chi connectivity index (χ4n) is 2.28. The molecule has 5 heteroatoms. The van der Waals surface area contributed by atoms with Crippen molar-refractivity contribution in [2.24, 2.45) is 0 Å². The first-order valence-electron chi connectivity index (χ1n) is 6.25. The van der Waals surface area contributed by atoms with Crippen LogP contribution in [-0.2, 0) is 6.54 Å². The SMILES string of the molecule is CCn1c(-c2ccc(O)c(Cl)c2)nc2ccc(F)cc21. The number of imidazole rings is 1. The van der Waals surface area contributed by atoms with Crippen molar-refractivity contribution in [2.75, 3.05) is 0 Å². The molecule has 0 unspecified atom stereocenters. The van der Waals surface area contributed by atoms with Gasteiger partial charge in [-0.2, -0.15) is 0 Å². The van der Waals surface area contributed by atoms with Crippen molar-refractivity contribution in [1.29, 1.82) is 0 Å². The van der Waals surface area contributed by atoms with Crippen LogP contribution in [0.25, 0.3) is 22.4 Å². The maximum Gasteiger partial charge on any atom is 0.141 e. The van der Waals surface area contributed by atoms with Crippen LogP contribution in [0.3, 0.4) is 0 Å². The van der Waals surface area contributed by atoms with Crippen LogP contribution in [0, 0.1) is 5.82 Å². The monoisotopic (exact) mass is 290 g/mol. The average Bonchev–Trinajstić information content (AvgIpc) is 2.79. The first-order chi connectivity index (χ1) is 9.60. The van der Waals surface area contributed by atoms with E-state index >= 15 is 0 Å². The number of halogens is 2. The molecule has 0 aliphatic rings. The van der Waals surface area contributed by atoms with Gasteiger partial charge in [-0.15, -0.1) is 0 Å². The van der Waals surface area contributed by atoms with E-state index in [4.69, 9.17) is 11.6 Å². The maximum absolute atomic E-state index is 13.4. The molecule has 0 aliphatic carbocycles. The zero-order chi connectivity index (χ0) is 14.3. The molecule has 20 heavy (non-hydrogen) atoms. The van der Waals surface area contributed by atoms with Gasteiger partial charge in [-0.25, -0.2) is 9.37 Å². The molecule has 1 N–H and O–H groups in total. The van der Waals surface area contributed by atoms with Crippen LogP contribution in [-0.4, -0.2) is 14.7 Å². The smallest absolute Gasteiger partial charge is 0.141 e. The summed E-state index contributed by atoms with van der Waals surface area (Å²) in [5.41, 5.74) is 2.26. The van der Waals surface area contributed by atoms with Gasteiger partial charge in [0.2, 0.25) is 0 Å². The number of nitrogens with zero attached hydrogens (tertiary/aromatic N) is 2. The van der Waals surface area contributed by atoms with Crippen LogP contribution in [0.1, 0.15) is 6.92 Å². The Morgan fingerprint density at radius 2 is 2.05 bits per heavy atom. The lowest BCUT2D eigenvalue weighted by Crippen LogP contribution is -1.97. The Balaban J connectivity index is 2.27. The summed E-state index contributed by atoms with van der Waals surface area (Å²) in [6.45, 7) is 2.63. The number of aromatic nitrogens is 2. The van der Waals surface area contributed by atoms with Crippen molar-refractivity contribution in [3.05, 3.63) is 47.2 Å². The lowest BCUT2D eigenvalue weighted by Gasteiger charge is -2.07. The number of hydrogen-bond donors (Lipinski definition) is 1. The van der Waals surface area contributed by atoms with E-state index in [1.54, 1.807) is 18.2 Å². The lowest BCUT2D eigenvalue weighted by molar-refractivity contribution is 0.475. The minimum atomic E-state index is -0.289. The van der Waals surface area contributed by atoms with Crippen LogP contribution < -0.4 is 0 Å². The predicted octanol–water partition coefficient (Wildman–Crippen LogP) is 4.22. The molecule has 3 aromatic rings. The minimum absolute atomic E-state index is 0.0284. The second kappa shape index (κ2) is 4.80. The van der Waals surface area contributed by atoms with Crippen molar-refractivity contribution >= 4 is 22.6 Å². The Morgan fingerprint density at radius 3 is 2.75 bits per heavy atom. The standard InChI is InChI=1S/C15H12ClFN2O/c1-2-19-13-8-10(17)4-5-12(13)18-15(19)9-3-6-14(20)11(16)7-9/h3-8,20H,2H2,1H3. The molecule has 0 saturated carbocycles. The van der Waals surface area contributed by atoms with Crippen molar-refractivity contribution < 1.29 is 9.50 Å². The second-order valence-electron chi connectivity index (χ2n) is 4.48. The van der Waals surface area contributed by atoms with E-state index in [0.717, 1.165) is 16.6 Å². The largest absolute Gasteiger partial charge is 0.506 e. The molecule has 0 amide bonds. The summed E-state index contributed by atoms with van der Waals surface area (Å²) < 4.78 is 15.3. The minimum Gasteiger partial charge on any atom is -0.506 e. The highest BCUT2D eigenvalue weighted by Gasteiger charge is 2.13. The number of aryl methyl sites for hydroxylation is 1. The van der Waals surface area contributed by atoms with Gasteiger partial charge < -0.3 is 9.67 Å². The number of phenolic OH excluding ortho intramolecular Hbond substituents is 1. The summed E-state index contributed by atoms with van der Waals surface area (Å²) in [5, 5.41) is 9.75. The zero-order valence-electron chi connectivity index (χ0n) is 10.8. The summed E-state index contributed by atoms with van der Waals surface area (Å²) in [7, 11) is 0. The first kappa shape index (κ1) is 12.9. The molecule has 1 heterocycles. The van der Waals surface area contributed by atoms with Gasteiger partial charge in [-0.3, -0.25) is 0 Å². The van der Waals surface area contributed by atoms with Crippen LogP contribution in [0.5, 0.6) is 5.75 Å². The van der Waals surface area contributed by atoms with E-state index in [2.05, 4.69) is 4.98 Å². The molecule has 0 atom stereocenters. The fourth-order valence-corrected chi connectivity index (χ4v) is 2.46. The van der Waals surface area contributed by atoms with E-state index in [-0.39, 0.29) is 16.6 Å². The Morgan fingerprint density at radius 1 is 1.25 bits per heavy atom. The number of phenols is 1. The van der Waals surface area contributed by atoms with E-state index in [1.807, 2.05) is 11.5 Å². The van der Waals surface area contributed by atoms with Crippen molar-refractivity contribution in [3.63, 3.8) is 0 Å². The van der Waals surface area contributed by atoms with Gasteiger partial charge in [0.1, 0.15) is 17.4 Å². The van der Waals surface area contributed by atoms with Gasteiger partial charge in [0, 0.05) is 12.1 Å². The van der Waals surface area contributed by atoms with Crippen LogP contribution in [0.15, 0.2) is 36.4 Å². The Hall–Kier alpha value is -2.07. The Kier molecular flexibility index (Phi) is 3.10. The summed E-state index contributed by atoms with van der Waals surface area (Å²) in [6.07, 6.45) is 0. The molecule has 102 valence electrons. The molecule has 1 aromatic heterocycles. The second-order valence-corrected chi connectivity index (χ2v) is 4.89. The van der Waals surface area contributed by atoms with Gasteiger partial charge in [-0.1, -0.05) is 11.6 Å². The molecule has 0 bridgehead atoms. The molecular formula is C15H12ClFN2O. The van der Waals surface area contributed by atoms with Gasteiger partial charge >= 0.3 is 0 Å². The number of hydrogen-bond acceptors (Lipinski definition) is 2. The quantitative estimate of drug-likeness (QED) is 0.767. The van der Waals surface area contributed by atoms with Crippen LogP contribution in [0.2, 0.25) is 5.02 Å². The van der Waals surface area contributed by atoms with E-state index in [1.165, 1.54) is 18.2 Å². The van der Waals surface area contributed by atoms with Crippen LogP contribution >= 0.6 is 11.6 Å². The molecule has 0 fully saturated rings. The highest BCUT2D eigenvalue weighted by atomic mass is 35.5. The number of fused-ring (bicyclic) bond motifs is 1. The Bertz CT molecular complexity index is 798. The molecule has 3 rings (SSSR count). The molecule has 0 spiro atoms.